The van der Waals surface area contributed by atoms with E-state index in [0.717, 1.165) is 19.4 Å². The molecule has 2 N–H and O–H groups in total. The average Bonchev–Trinajstić information content (AvgIpc) is 2.79. The molecule has 1 aromatic carbocycles. The van der Waals surface area contributed by atoms with Gasteiger partial charge < -0.3 is 15.2 Å². The van der Waals surface area contributed by atoms with Gasteiger partial charge in [0.15, 0.2) is 17.3 Å². The molecule has 0 amide bonds. The van der Waals surface area contributed by atoms with Crippen molar-refractivity contribution in [3.05, 3.63) is 22.5 Å². The fraction of sp³-hybridized carbons (Fsp3) is 0.500. The molecule has 1 saturated heterocycles. The Kier molecular flexibility index (Phi) is 3.74. The highest BCUT2D eigenvalue weighted by Gasteiger charge is 2.21. The Labute approximate surface area is 105 Å². The highest BCUT2D eigenvalue weighted by molar-refractivity contribution is 6.31. The Morgan fingerprint density at radius 1 is 1.65 bits per heavy atom. The van der Waals surface area contributed by atoms with Crippen molar-refractivity contribution in [2.45, 2.75) is 25.3 Å². The molecule has 1 aromatic rings. The van der Waals surface area contributed by atoms with Crippen molar-refractivity contribution in [2.75, 3.05) is 13.7 Å². The van der Waals surface area contributed by atoms with Gasteiger partial charge >= 0.3 is 0 Å². The minimum Gasteiger partial charge on any atom is -0.504 e. The van der Waals surface area contributed by atoms with Gasteiger partial charge in [-0.25, -0.2) is 4.39 Å². The van der Waals surface area contributed by atoms with Crippen LogP contribution in [0.3, 0.4) is 0 Å². The number of hydrogen-bond donors (Lipinski definition) is 2. The summed E-state index contributed by atoms with van der Waals surface area (Å²) in [5.41, 5.74) is 0.618. The zero-order valence-electron chi connectivity index (χ0n) is 9.59. The molecule has 1 aliphatic rings. The van der Waals surface area contributed by atoms with Gasteiger partial charge in [0.2, 0.25) is 0 Å². The van der Waals surface area contributed by atoms with E-state index in [1.165, 1.54) is 13.2 Å². The maximum atomic E-state index is 13.5. The molecule has 1 heterocycles. The first kappa shape index (κ1) is 12.5. The lowest BCUT2D eigenvalue weighted by Crippen LogP contribution is -2.23. The van der Waals surface area contributed by atoms with Crippen molar-refractivity contribution in [2.24, 2.45) is 0 Å². The van der Waals surface area contributed by atoms with E-state index in [1.54, 1.807) is 0 Å². The second-order valence-corrected chi connectivity index (χ2v) is 4.62. The number of rotatable bonds is 3. The van der Waals surface area contributed by atoms with Crippen molar-refractivity contribution in [1.29, 1.82) is 0 Å². The van der Waals surface area contributed by atoms with Crippen LogP contribution in [0.15, 0.2) is 6.07 Å². The number of phenolic OH excluding ortho intramolecular Hbond substituents is 1. The highest BCUT2D eigenvalue weighted by Crippen LogP contribution is 2.38. The Bertz CT molecular complexity index is 419. The number of aromatic hydroxyl groups is 1. The van der Waals surface area contributed by atoms with Gasteiger partial charge in [0, 0.05) is 11.6 Å². The lowest BCUT2D eigenvalue weighted by atomic mass is 10.0. The SMILES string of the molecule is COc1c(O)c(CC2CCCN2)cc(Cl)c1F. The van der Waals surface area contributed by atoms with Crippen molar-refractivity contribution >= 4 is 11.6 Å². The lowest BCUT2D eigenvalue weighted by molar-refractivity contribution is 0.348. The topological polar surface area (TPSA) is 41.5 Å². The van der Waals surface area contributed by atoms with Crippen LogP contribution < -0.4 is 10.1 Å². The Balaban J connectivity index is 2.30. The van der Waals surface area contributed by atoms with Gasteiger partial charge in [-0.05, 0) is 31.9 Å². The molecule has 2 rings (SSSR count). The molecule has 0 aliphatic carbocycles. The summed E-state index contributed by atoms with van der Waals surface area (Å²) in [6, 6.07) is 1.78. The third kappa shape index (κ3) is 2.48. The molecule has 0 bridgehead atoms. The number of halogens is 2. The van der Waals surface area contributed by atoms with Crippen LogP contribution in [0.4, 0.5) is 4.39 Å². The van der Waals surface area contributed by atoms with Crippen LogP contribution in [0.25, 0.3) is 0 Å². The van der Waals surface area contributed by atoms with Gasteiger partial charge in [-0.2, -0.15) is 0 Å². The third-order valence-electron chi connectivity index (χ3n) is 3.06. The Hall–Kier alpha value is -1.00. The summed E-state index contributed by atoms with van der Waals surface area (Å²) < 4.78 is 18.4. The minimum atomic E-state index is -0.713. The minimum absolute atomic E-state index is 0.0207. The van der Waals surface area contributed by atoms with E-state index < -0.39 is 5.82 Å². The van der Waals surface area contributed by atoms with Crippen LogP contribution in [0.2, 0.25) is 5.02 Å². The largest absolute Gasteiger partial charge is 0.504 e. The third-order valence-corrected chi connectivity index (χ3v) is 3.34. The molecular formula is C12H15ClFNO2. The van der Waals surface area contributed by atoms with Crippen LogP contribution in [-0.4, -0.2) is 24.8 Å². The molecule has 0 radical (unpaired) electrons. The number of benzene rings is 1. The first-order valence-corrected chi connectivity index (χ1v) is 5.98. The summed E-state index contributed by atoms with van der Waals surface area (Å²) in [6.07, 6.45) is 2.80. The van der Waals surface area contributed by atoms with Crippen LogP contribution >= 0.6 is 11.6 Å². The van der Waals surface area contributed by atoms with Gasteiger partial charge in [0.25, 0.3) is 0 Å². The van der Waals surface area contributed by atoms with Gasteiger partial charge in [-0.15, -0.1) is 0 Å². The monoisotopic (exact) mass is 259 g/mol. The molecule has 0 saturated carbocycles. The quantitative estimate of drug-likeness (QED) is 0.876. The number of nitrogens with one attached hydrogen (secondary N) is 1. The van der Waals surface area contributed by atoms with E-state index in [4.69, 9.17) is 16.3 Å². The van der Waals surface area contributed by atoms with Crippen LogP contribution in [0.1, 0.15) is 18.4 Å². The van der Waals surface area contributed by atoms with Crippen molar-refractivity contribution in [3.63, 3.8) is 0 Å². The van der Waals surface area contributed by atoms with E-state index in [0.29, 0.717) is 18.0 Å². The smallest absolute Gasteiger partial charge is 0.198 e. The predicted octanol–water partition coefficient (Wildman–Crippen LogP) is 2.49. The van der Waals surface area contributed by atoms with Gasteiger partial charge in [-0.3, -0.25) is 0 Å². The average molecular weight is 260 g/mol. The van der Waals surface area contributed by atoms with E-state index in [9.17, 15) is 9.50 Å². The number of ether oxygens (including phenoxy) is 1. The second-order valence-electron chi connectivity index (χ2n) is 4.21. The summed E-state index contributed by atoms with van der Waals surface area (Å²) in [5, 5.41) is 13.2. The summed E-state index contributed by atoms with van der Waals surface area (Å²) in [6.45, 7) is 0.984. The molecule has 1 unspecified atom stereocenters. The van der Waals surface area contributed by atoms with Crippen LogP contribution in [-0.2, 0) is 6.42 Å². The van der Waals surface area contributed by atoms with Gasteiger partial charge in [-0.1, -0.05) is 11.6 Å². The predicted molar refractivity (Wildman–Crippen MR) is 64.4 cm³/mol. The maximum absolute atomic E-state index is 13.5. The zero-order valence-corrected chi connectivity index (χ0v) is 10.4. The summed E-state index contributed by atoms with van der Waals surface area (Å²) >= 11 is 5.77. The lowest BCUT2D eigenvalue weighted by Gasteiger charge is -2.14. The van der Waals surface area contributed by atoms with Crippen LogP contribution in [0, 0.1) is 5.82 Å². The molecule has 5 heteroatoms. The van der Waals surface area contributed by atoms with E-state index in [2.05, 4.69) is 5.32 Å². The molecular weight excluding hydrogens is 245 g/mol. The summed E-state index contributed by atoms with van der Waals surface area (Å²) in [4.78, 5) is 0. The molecule has 3 nitrogen and oxygen atoms in total. The normalized spacial score (nSPS) is 19.6. The maximum Gasteiger partial charge on any atom is 0.198 e. The molecule has 94 valence electrons. The highest BCUT2D eigenvalue weighted by atomic mass is 35.5. The van der Waals surface area contributed by atoms with E-state index in [-0.39, 0.29) is 16.5 Å². The Morgan fingerprint density at radius 3 is 3.00 bits per heavy atom. The second kappa shape index (κ2) is 5.10. The molecule has 17 heavy (non-hydrogen) atoms. The standard InChI is InChI=1S/C12H15ClFNO2/c1-17-12-10(14)9(13)6-7(11(12)16)5-8-3-2-4-15-8/h6,8,15-16H,2-5H2,1H3. The molecule has 1 fully saturated rings. The van der Waals surface area contributed by atoms with E-state index in [1.807, 2.05) is 0 Å². The Morgan fingerprint density at radius 2 is 2.41 bits per heavy atom. The molecule has 0 spiro atoms. The fourth-order valence-electron chi connectivity index (χ4n) is 2.18. The first-order chi connectivity index (χ1) is 8.13. The summed E-state index contributed by atoms with van der Waals surface area (Å²) in [7, 11) is 1.31. The summed E-state index contributed by atoms with van der Waals surface area (Å²) in [5.74, 6) is -1.04. The van der Waals surface area contributed by atoms with Gasteiger partial charge in [0.05, 0.1) is 12.1 Å². The fourth-order valence-corrected chi connectivity index (χ4v) is 2.40. The molecule has 0 aromatic heterocycles. The van der Waals surface area contributed by atoms with E-state index >= 15 is 0 Å². The zero-order chi connectivity index (χ0) is 12.4. The van der Waals surface area contributed by atoms with Crippen molar-refractivity contribution in [3.8, 4) is 11.5 Å². The van der Waals surface area contributed by atoms with Gasteiger partial charge in [0.1, 0.15) is 0 Å². The molecule has 1 atom stereocenters. The number of phenols is 1. The van der Waals surface area contributed by atoms with Crippen molar-refractivity contribution < 1.29 is 14.2 Å². The van der Waals surface area contributed by atoms with Crippen LogP contribution in [0.5, 0.6) is 11.5 Å². The number of methoxy groups -OCH3 is 1. The number of hydrogen-bond acceptors (Lipinski definition) is 3. The molecule has 1 aliphatic heterocycles. The first-order valence-electron chi connectivity index (χ1n) is 5.60. The van der Waals surface area contributed by atoms with Crippen molar-refractivity contribution in [1.82, 2.24) is 5.32 Å².